The van der Waals surface area contributed by atoms with Gasteiger partial charge in [0, 0.05) is 5.56 Å². The quantitative estimate of drug-likeness (QED) is 0.146. The van der Waals surface area contributed by atoms with Gasteiger partial charge in [-0.15, -0.1) is 0 Å². The van der Waals surface area contributed by atoms with Gasteiger partial charge in [-0.05, 0) is 66.6 Å². The summed E-state index contributed by atoms with van der Waals surface area (Å²) in [5.41, 5.74) is 2.76. The number of ether oxygens (including phenoxy) is 2. The molecule has 0 bridgehead atoms. The van der Waals surface area contributed by atoms with Crippen LogP contribution in [-0.4, -0.2) is 35.5 Å². The van der Waals surface area contributed by atoms with E-state index >= 15 is 0 Å². The fraction of sp³-hybridized carbons (Fsp3) is 0.138. The van der Waals surface area contributed by atoms with Crippen molar-refractivity contribution in [3.63, 3.8) is 0 Å². The van der Waals surface area contributed by atoms with Crippen molar-refractivity contribution < 1.29 is 24.2 Å². The Labute approximate surface area is 217 Å². The van der Waals surface area contributed by atoms with Gasteiger partial charge in [0.25, 0.3) is 5.78 Å². The van der Waals surface area contributed by atoms with E-state index in [4.69, 9.17) is 9.47 Å². The number of hydrogen-bond donors (Lipinski definition) is 1. The van der Waals surface area contributed by atoms with Gasteiger partial charge in [-0.1, -0.05) is 42.2 Å². The summed E-state index contributed by atoms with van der Waals surface area (Å²) in [6, 6.07) is 18.7. The molecule has 4 aromatic rings. The molecule has 1 fully saturated rings. The van der Waals surface area contributed by atoms with E-state index in [0.717, 1.165) is 15.8 Å². The number of carbonyl (C=O) groups excluding carboxylic acids is 2. The number of ketones is 1. The summed E-state index contributed by atoms with van der Waals surface area (Å²) < 4.78 is 11.8. The summed E-state index contributed by atoms with van der Waals surface area (Å²) in [5.74, 6) is -0.667. The normalized spacial score (nSPS) is 16.8. The lowest BCUT2D eigenvalue weighted by Gasteiger charge is -2.23. The Balaban J connectivity index is 1.70. The molecule has 1 aromatic heterocycles. The Hall–Kier alpha value is -4.43. The predicted octanol–water partition coefficient (Wildman–Crippen LogP) is 5.80. The van der Waals surface area contributed by atoms with Crippen LogP contribution in [0.4, 0.5) is 5.13 Å². The molecule has 1 aliphatic rings. The van der Waals surface area contributed by atoms with Crippen molar-refractivity contribution in [2.24, 2.45) is 0 Å². The van der Waals surface area contributed by atoms with Crippen molar-refractivity contribution in [3.8, 4) is 11.5 Å². The molecule has 3 aromatic carbocycles. The summed E-state index contributed by atoms with van der Waals surface area (Å²) in [7, 11) is 1.54. The molecule has 0 unspecified atom stereocenters. The van der Waals surface area contributed by atoms with Gasteiger partial charge in [0.15, 0.2) is 5.13 Å². The summed E-state index contributed by atoms with van der Waals surface area (Å²) >= 11 is 1.32. The molecule has 5 rings (SSSR count). The number of aryl methyl sites for hydroxylation is 1. The van der Waals surface area contributed by atoms with Gasteiger partial charge in [0.1, 0.15) is 23.9 Å². The fourth-order valence-electron chi connectivity index (χ4n) is 4.30. The molecule has 1 saturated heterocycles. The number of carbonyl (C=O) groups is 2. The number of aliphatic hydroxyl groups excluding tert-OH is 1. The minimum Gasteiger partial charge on any atom is -0.507 e. The number of nitrogens with zero attached hydrogens (tertiary/aromatic N) is 2. The maximum absolute atomic E-state index is 13.5. The second-order valence-corrected chi connectivity index (χ2v) is 9.55. The molecule has 1 aliphatic heterocycles. The molecule has 0 spiro atoms. The van der Waals surface area contributed by atoms with Crippen molar-refractivity contribution in [1.29, 1.82) is 0 Å². The first-order chi connectivity index (χ1) is 17.9. The molecule has 7 nitrogen and oxygen atoms in total. The average Bonchev–Trinajstić information content (AvgIpc) is 3.44. The number of Topliss-reactive ketones (excluding diaryl/α,β-unsaturated/α-hetero) is 1. The summed E-state index contributed by atoms with van der Waals surface area (Å²) in [6.07, 6.45) is 1.63. The zero-order valence-electron chi connectivity index (χ0n) is 20.3. The summed E-state index contributed by atoms with van der Waals surface area (Å²) in [5, 5.41) is 11.7. The monoisotopic (exact) mass is 512 g/mol. The Kier molecular flexibility index (Phi) is 6.50. The zero-order valence-corrected chi connectivity index (χ0v) is 21.1. The number of thiazole rings is 1. The number of hydrogen-bond acceptors (Lipinski definition) is 7. The van der Waals surface area contributed by atoms with Crippen LogP contribution in [0.5, 0.6) is 11.5 Å². The number of aliphatic hydroxyl groups is 1. The Morgan fingerprint density at radius 3 is 2.62 bits per heavy atom. The van der Waals surface area contributed by atoms with Gasteiger partial charge in [-0.2, -0.15) is 0 Å². The van der Waals surface area contributed by atoms with Gasteiger partial charge in [0.2, 0.25) is 0 Å². The van der Waals surface area contributed by atoms with E-state index in [0.29, 0.717) is 34.4 Å². The highest BCUT2D eigenvalue weighted by molar-refractivity contribution is 7.22. The van der Waals surface area contributed by atoms with Crippen molar-refractivity contribution in [2.45, 2.75) is 13.0 Å². The first kappa shape index (κ1) is 24.3. The van der Waals surface area contributed by atoms with E-state index in [-0.39, 0.29) is 11.3 Å². The van der Waals surface area contributed by atoms with E-state index in [1.807, 2.05) is 25.1 Å². The lowest BCUT2D eigenvalue weighted by molar-refractivity contribution is -0.132. The topological polar surface area (TPSA) is 89.0 Å². The fourth-order valence-corrected chi connectivity index (χ4v) is 5.39. The first-order valence-electron chi connectivity index (χ1n) is 11.6. The zero-order chi connectivity index (χ0) is 26.1. The van der Waals surface area contributed by atoms with Gasteiger partial charge in [0.05, 0.1) is 28.9 Å². The third-order valence-corrected chi connectivity index (χ3v) is 7.11. The molecule has 2 heterocycles. The van der Waals surface area contributed by atoms with Crippen molar-refractivity contribution in [2.75, 3.05) is 18.6 Å². The van der Waals surface area contributed by atoms with Crippen molar-refractivity contribution in [1.82, 2.24) is 4.98 Å². The number of anilines is 1. The van der Waals surface area contributed by atoms with E-state index in [9.17, 15) is 14.7 Å². The molecule has 186 valence electrons. The van der Waals surface area contributed by atoms with Crippen LogP contribution in [0.1, 0.15) is 22.7 Å². The van der Waals surface area contributed by atoms with Gasteiger partial charge < -0.3 is 14.6 Å². The van der Waals surface area contributed by atoms with E-state index in [2.05, 4.69) is 11.6 Å². The smallest absolute Gasteiger partial charge is 0.301 e. The average molecular weight is 513 g/mol. The lowest BCUT2D eigenvalue weighted by Crippen LogP contribution is -2.29. The Morgan fingerprint density at radius 2 is 1.89 bits per heavy atom. The molecule has 1 amide bonds. The molecule has 0 aliphatic carbocycles. The maximum atomic E-state index is 13.5. The van der Waals surface area contributed by atoms with Crippen LogP contribution in [-0.2, 0) is 9.59 Å². The standard InChI is InChI=1S/C29H24N2O5S/c1-4-14-36-21-7-5-6-19(16-21)25-24(26(32)18-9-11-20(35-3)12-10-18)27(33)28(34)31(25)29-30-22-13-8-17(2)15-23(22)37-29/h4-13,15-16,25,32H,1,14H2,2-3H3/b26-24+/t25-/m1/s1. The SMILES string of the molecule is C=CCOc1cccc([C@@H]2/C(=C(\O)c3ccc(OC)cc3)C(=O)C(=O)N2c2nc3ccc(C)cc3s2)c1. The van der Waals surface area contributed by atoms with Crippen LogP contribution in [0.3, 0.4) is 0 Å². The third kappa shape index (κ3) is 4.47. The summed E-state index contributed by atoms with van der Waals surface area (Å²) in [4.78, 5) is 32.9. The molecule has 37 heavy (non-hydrogen) atoms. The van der Waals surface area contributed by atoms with Crippen LogP contribution in [0.15, 0.2) is 85.0 Å². The second kappa shape index (κ2) is 9.91. The minimum absolute atomic E-state index is 0.0218. The molecular weight excluding hydrogens is 488 g/mol. The Morgan fingerprint density at radius 1 is 1.11 bits per heavy atom. The molecule has 0 radical (unpaired) electrons. The van der Waals surface area contributed by atoms with Crippen LogP contribution in [0.2, 0.25) is 0 Å². The van der Waals surface area contributed by atoms with Crippen molar-refractivity contribution >= 4 is 44.1 Å². The van der Waals surface area contributed by atoms with Crippen LogP contribution in [0.25, 0.3) is 16.0 Å². The van der Waals surface area contributed by atoms with Crippen LogP contribution in [0, 0.1) is 6.92 Å². The summed E-state index contributed by atoms with van der Waals surface area (Å²) in [6.45, 7) is 5.96. The highest BCUT2D eigenvalue weighted by Gasteiger charge is 2.48. The van der Waals surface area contributed by atoms with Gasteiger partial charge in [-0.25, -0.2) is 4.98 Å². The lowest BCUT2D eigenvalue weighted by atomic mass is 9.95. The predicted molar refractivity (Wildman–Crippen MR) is 144 cm³/mol. The third-order valence-electron chi connectivity index (χ3n) is 6.09. The number of amides is 1. The molecule has 1 N–H and O–H groups in total. The molecule has 1 atom stereocenters. The molecule has 8 heteroatoms. The highest BCUT2D eigenvalue weighted by Crippen LogP contribution is 2.45. The largest absolute Gasteiger partial charge is 0.507 e. The van der Waals surface area contributed by atoms with Crippen LogP contribution < -0.4 is 14.4 Å². The number of fused-ring (bicyclic) bond motifs is 1. The minimum atomic E-state index is -0.906. The van der Waals surface area contributed by atoms with Gasteiger partial charge in [-0.3, -0.25) is 14.5 Å². The molecular formula is C29H24N2O5S. The van der Waals surface area contributed by atoms with Gasteiger partial charge >= 0.3 is 5.91 Å². The number of rotatable bonds is 7. The van der Waals surface area contributed by atoms with E-state index < -0.39 is 17.7 Å². The van der Waals surface area contributed by atoms with E-state index in [1.165, 1.54) is 16.2 Å². The van der Waals surface area contributed by atoms with E-state index in [1.54, 1.807) is 61.7 Å². The highest BCUT2D eigenvalue weighted by atomic mass is 32.1. The second-order valence-electron chi connectivity index (χ2n) is 8.54. The Bertz CT molecular complexity index is 1550. The van der Waals surface area contributed by atoms with Crippen LogP contribution >= 0.6 is 11.3 Å². The first-order valence-corrected chi connectivity index (χ1v) is 12.4. The number of benzene rings is 3. The van der Waals surface area contributed by atoms with Crippen molar-refractivity contribution in [3.05, 3.63) is 102 Å². The maximum Gasteiger partial charge on any atom is 0.301 e. The number of aromatic nitrogens is 1. The molecule has 0 saturated carbocycles. The number of methoxy groups -OCH3 is 1.